The van der Waals surface area contributed by atoms with E-state index in [-0.39, 0.29) is 34.6 Å². The lowest BCUT2D eigenvalue weighted by atomic mass is 10.1. The van der Waals surface area contributed by atoms with Gasteiger partial charge in [-0.3, -0.25) is 14.5 Å². The van der Waals surface area contributed by atoms with E-state index in [1.807, 2.05) is 18.2 Å². The zero-order chi connectivity index (χ0) is 24.8. The maximum absolute atomic E-state index is 12.8. The Bertz CT molecular complexity index is 1290. The highest BCUT2D eigenvalue weighted by atomic mass is 35.5. The van der Waals surface area contributed by atoms with Gasteiger partial charge in [0.25, 0.3) is 11.1 Å². The summed E-state index contributed by atoms with van der Waals surface area (Å²) in [4.78, 5) is 39.2. The van der Waals surface area contributed by atoms with E-state index in [2.05, 4.69) is 0 Å². The Balaban J connectivity index is 1.47. The number of halogens is 1. The molecule has 178 valence electrons. The summed E-state index contributed by atoms with van der Waals surface area (Å²) < 4.78 is 16.4. The minimum absolute atomic E-state index is 0.127. The predicted molar refractivity (Wildman–Crippen MR) is 134 cm³/mol. The van der Waals surface area contributed by atoms with Crippen molar-refractivity contribution in [3.63, 3.8) is 0 Å². The zero-order valence-corrected chi connectivity index (χ0v) is 20.2. The summed E-state index contributed by atoms with van der Waals surface area (Å²) in [5, 5.41) is 0.0316. The molecule has 9 heteroatoms. The van der Waals surface area contributed by atoms with Gasteiger partial charge in [-0.05, 0) is 65.9 Å². The van der Waals surface area contributed by atoms with E-state index in [0.29, 0.717) is 22.1 Å². The van der Waals surface area contributed by atoms with Crippen LogP contribution in [0.2, 0.25) is 5.02 Å². The molecule has 0 spiro atoms. The number of rotatable bonds is 8. The molecule has 1 heterocycles. The minimum atomic E-state index is -0.610. The number of carbonyl (C=O) groups excluding carboxylic acids is 3. The number of para-hydroxylation sites is 1. The van der Waals surface area contributed by atoms with Gasteiger partial charge in [0.15, 0.2) is 11.5 Å². The Kier molecular flexibility index (Phi) is 7.74. The first-order valence-corrected chi connectivity index (χ1v) is 11.7. The number of esters is 1. The maximum Gasteiger partial charge on any atom is 0.343 e. The second-order valence-electron chi connectivity index (χ2n) is 7.31. The number of hydrogen-bond acceptors (Lipinski definition) is 7. The Labute approximate surface area is 211 Å². The van der Waals surface area contributed by atoms with Gasteiger partial charge in [0, 0.05) is 5.02 Å². The standard InChI is InChI=1S/C26H20ClNO6S/c1-32-21-11-10-17(14-22(21)34-25(30)18-6-5-7-19(27)16-18)15-23-24(29)28(26(31)35-23)12-13-33-20-8-3-2-4-9-20/h2-11,14-16H,12-13H2,1H3/b23-15-. The van der Waals surface area contributed by atoms with Gasteiger partial charge in [0.2, 0.25) is 0 Å². The van der Waals surface area contributed by atoms with Crippen LogP contribution in [0.15, 0.2) is 77.7 Å². The molecule has 0 aliphatic carbocycles. The number of methoxy groups -OCH3 is 1. The van der Waals surface area contributed by atoms with Crippen LogP contribution in [-0.2, 0) is 4.79 Å². The lowest BCUT2D eigenvalue weighted by Gasteiger charge is -2.13. The molecule has 35 heavy (non-hydrogen) atoms. The van der Waals surface area contributed by atoms with Crippen LogP contribution in [0.3, 0.4) is 0 Å². The Morgan fingerprint density at radius 3 is 2.54 bits per heavy atom. The van der Waals surface area contributed by atoms with Gasteiger partial charge in [0.05, 0.1) is 24.1 Å². The highest BCUT2D eigenvalue weighted by Gasteiger charge is 2.34. The molecule has 3 aromatic rings. The second-order valence-corrected chi connectivity index (χ2v) is 8.73. The van der Waals surface area contributed by atoms with E-state index in [9.17, 15) is 14.4 Å². The SMILES string of the molecule is COc1ccc(/C=C2\SC(=O)N(CCOc3ccccc3)C2=O)cc1OC(=O)c1cccc(Cl)c1. The van der Waals surface area contributed by atoms with Crippen molar-refractivity contribution in [2.75, 3.05) is 20.3 Å². The van der Waals surface area contributed by atoms with Crippen LogP contribution in [0.4, 0.5) is 4.79 Å². The highest BCUT2D eigenvalue weighted by Crippen LogP contribution is 2.35. The van der Waals surface area contributed by atoms with Gasteiger partial charge in [-0.15, -0.1) is 0 Å². The van der Waals surface area contributed by atoms with Gasteiger partial charge in [-0.2, -0.15) is 0 Å². The number of carbonyl (C=O) groups is 3. The van der Waals surface area contributed by atoms with E-state index < -0.39 is 11.9 Å². The van der Waals surface area contributed by atoms with Crippen LogP contribution in [0.25, 0.3) is 6.08 Å². The molecule has 0 saturated carbocycles. The van der Waals surface area contributed by atoms with Gasteiger partial charge in [0.1, 0.15) is 12.4 Å². The summed E-state index contributed by atoms with van der Waals surface area (Å²) in [6.07, 6.45) is 1.57. The van der Waals surface area contributed by atoms with Crippen LogP contribution in [0, 0.1) is 0 Å². The predicted octanol–water partition coefficient (Wildman–Crippen LogP) is 5.68. The number of hydrogen-bond donors (Lipinski definition) is 0. The molecule has 0 radical (unpaired) electrons. The molecule has 1 fully saturated rings. The van der Waals surface area contributed by atoms with E-state index in [1.54, 1.807) is 54.6 Å². The summed E-state index contributed by atoms with van der Waals surface area (Å²) in [5.74, 6) is 0.144. The number of benzene rings is 3. The fourth-order valence-electron chi connectivity index (χ4n) is 3.25. The average Bonchev–Trinajstić information content (AvgIpc) is 3.12. The average molecular weight is 510 g/mol. The molecular formula is C26H20ClNO6S. The van der Waals surface area contributed by atoms with Crippen LogP contribution >= 0.6 is 23.4 Å². The van der Waals surface area contributed by atoms with Crippen LogP contribution in [0.1, 0.15) is 15.9 Å². The lowest BCUT2D eigenvalue weighted by Crippen LogP contribution is -2.32. The largest absolute Gasteiger partial charge is 0.493 e. The molecule has 1 saturated heterocycles. The molecule has 7 nitrogen and oxygen atoms in total. The Hall–Kier alpha value is -3.75. The van der Waals surface area contributed by atoms with Crippen molar-refractivity contribution in [3.05, 3.63) is 93.9 Å². The molecule has 1 aliphatic heterocycles. The van der Waals surface area contributed by atoms with Crippen molar-refractivity contribution in [1.29, 1.82) is 0 Å². The molecule has 3 aromatic carbocycles. The first-order chi connectivity index (χ1) is 16.9. The van der Waals surface area contributed by atoms with Gasteiger partial charge in [-0.1, -0.05) is 41.9 Å². The van der Waals surface area contributed by atoms with Gasteiger partial charge in [-0.25, -0.2) is 4.79 Å². The second kappa shape index (κ2) is 11.1. The Morgan fingerprint density at radius 1 is 1.00 bits per heavy atom. The van der Waals surface area contributed by atoms with Crippen LogP contribution in [-0.4, -0.2) is 42.3 Å². The molecule has 4 rings (SSSR count). The van der Waals surface area contributed by atoms with Gasteiger partial charge < -0.3 is 14.2 Å². The van der Waals surface area contributed by atoms with E-state index in [1.165, 1.54) is 13.2 Å². The Morgan fingerprint density at radius 2 is 1.80 bits per heavy atom. The summed E-state index contributed by atoms with van der Waals surface area (Å²) in [6, 6.07) is 20.4. The van der Waals surface area contributed by atoms with E-state index in [0.717, 1.165) is 16.7 Å². The third-order valence-corrected chi connectivity index (χ3v) is 6.09. The number of ether oxygens (including phenoxy) is 3. The fourth-order valence-corrected chi connectivity index (χ4v) is 4.31. The molecular weight excluding hydrogens is 490 g/mol. The van der Waals surface area contributed by atoms with Crippen LogP contribution in [0.5, 0.6) is 17.2 Å². The maximum atomic E-state index is 12.8. The van der Waals surface area contributed by atoms with Crippen molar-refractivity contribution >= 4 is 46.6 Å². The van der Waals surface area contributed by atoms with Crippen molar-refractivity contribution in [2.24, 2.45) is 0 Å². The van der Waals surface area contributed by atoms with E-state index in [4.69, 9.17) is 25.8 Å². The smallest absolute Gasteiger partial charge is 0.343 e. The zero-order valence-electron chi connectivity index (χ0n) is 18.6. The van der Waals surface area contributed by atoms with Crippen LogP contribution < -0.4 is 14.2 Å². The molecule has 1 aliphatic rings. The molecule has 2 amide bonds. The molecule has 0 bridgehead atoms. The summed E-state index contributed by atoms with van der Waals surface area (Å²) in [5.41, 5.74) is 0.842. The van der Waals surface area contributed by atoms with Crippen molar-refractivity contribution in [2.45, 2.75) is 0 Å². The topological polar surface area (TPSA) is 82.1 Å². The van der Waals surface area contributed by atoms with Crippen molar-refractivity contribution < 1.29 is 28.6 Å². The third kappa shape index (κ3) is 6.03. The summed E-state index contributed by atoms with van der Waals surface area (Å²) in [6.45, 7) is 0.309. The molecule has 0 unspecified atom stereocenters. The quantitative estimate of drug-likeness (QED) is 0.219. The first-order valence-electron chi connectivity index (χ1n) is 10.5. The van der Waals surface area contributed by atoms with Gasteiger partial charge >= 0.3 is 5.97 Å². The summed E-state index contributed by atoms with van der Waals surface area (Å²) >= 11 is 6.80. The first kappa shape index (κ1) is 24.4. The number of imide groups is 1. The minimum Gasteiger partial charge on any atom is -0.493 e. The fraction of sp³-hybridized carbons (Fsp3) is 0.115. The third-order valence-electron chi connectivity index (χ3n) is 4.95. The van der Waals surface area contributed by atoms with E-state index >= 15 is 0 Å². The summed E-state index contributed by atoms with van der Waals surface area (Å²) in [7, 11) is 1.45. The number of amides is 2. The molecule has 0 aromatic heterocycles. The van der Waals surface area contributed by atoms with Crippen molar-refractivity contribution in [1.82, 2.24) is 4.90 Å². The molecule has 0 N–H and O–H groups in total. The monoisotopic (exact) mass is 509 g/mol. The highest BCUT2D eigenvalue weighted by molar-refractivity contribution is 8.18. The lowest BCUT2D eigenvalue weighted by molar-refractivity contribution is -0.123. The number of nitrogens with zero attached hydrogens (tertiary/aromatic N) is 1. The molecule has 0 atom stereocenters. The van der Waals surface area contributed by atoms with Crippen molar-refractivity contribution in [3.8, 4) is 17.2 Å². The normalized spacial score (nSPS) is 14.3. The number of thioether (sulfide) groups is 1.